The Morgan fingerprint density at radius 1 is 0.846 bits per heavy atom. The molecule has 5 fully saturated rings. The molecular formula is C30H46Na2O6S. The quantitative estimate of drug-likeness (QED) is 0.188. The maximum Gasteiger partial charge on any atom is 1.00 e. The Morgan fingerprint density at radius 3 is 2.05 bits per heavy atom. The monoisotopic (exact) mass is 580 g/mol. The Bertz CT molecular complexity index is 1110. The van der Waals surface area contributed by atoms with Gasteiger partial charge in [0, 0.05) is 11.4 Å². The number of hydrogen-bond donors (Lipinski definition) is 0. The zero-order valence-corrected chi connectivity index (χ0v) is 30.4. The first-order valence-corrected chi connectivity index (χ1v) is 15.8. The molecule has 0 aliphatic heterocycles. The molecule has 5 rings (SSSR count). The molecule has 10 atom stereocenters. The van der Waals surface area contributed by atoms with E-state index in [4.69, 9.17) is 4.18 Å². The molecule has 5 aliphatic rings. The molecule has 39 heavy (non-hydrogen) atoms. The van der Waals surface area contributed by atoms with Gasteiger partial charge in [-0.05, 0) is 122 Å². The zero-order chi connectivity index (χ0) is 27.4. The predicted molar refractivity (Wildman–Crippen MR) is 139 cm³/mol. The average Bonchev–Trinajstić information content (AvgIpc) is 3.17. The summed E-state index contributed by atoms with van der Waals surface area (Å²) in [5.41, 5.74) is 0.0881. The van der Waals surface area contributed by atoms with Crippen LogP contribution in [-0.4, -0.2) is 25.0 Å². The summed E-state index contributed by atoms with van der Waals surface area (Å²) in [6, 6.07) is 0. The van der Waals surface area contributed by atoms with Crippen molar-refractivity contribution < 1.29 is 86.2 Å². The fourth-order valence-corrected chi connectivity index (χ4v) is 12.4. The van der Waals surface area contributed by atoms with Crippen molar-refractivity contribution in [1.29, 1.82) is 0 Å². The summed E-state index contributed by atoms with van der Waals surface area (Å²) in [5, 5.41) is 12.7. The molecule has 0 spiro atoms. The average molecular weight is 581 g/mol. The van der Waals surface area contributed by atoms with Crippen molar-refractivity contribution in [3.8, 4) is 0 Å². The Hall–Kier alpha value is 1.08. The smallest absolute Gasteiger partial charge is 0.726 e. The summed E-state index contributed by atoms with van der Waals surface area (Å²) >= 11 is 0. The number of allylic oxidation sites excluding steroid dienone is 1. The van der Waals surface area contributed by atoms with Crippen LogP contribution in [0.4, 0.5) is 0 Å². The standard InChI is InChI=1S/C30H48O6S.2Na/c1-18(2)19-10-15-30(25(31)32)17-16-28(6)20(24(19)30)8-9-22-27(5)13-12-23(36-37(33,34)35)26(3,4)21(27)11-14-29(22,28)7;;/h19-24H,1,8-17H2,2-7H3,(H,31,32)(H,33,34,35);;/q;2*+1/p-2/t19-,20+,21-,22+,23-,24+,27-,28+,29+,30-;;/m0../s1. The minimum absolute atomic E-state index is 0. The summed E-state index contributed by atoms with van der Waals surface area (Å²) in [4.78, 5) is 12.7. The number of aliphatic carboxylic acids is 1. The second kappa shape index (κ2) is 10.9. The van der Waals surface area contributed by atoms with E-state index < -0.39 is 33.3 Å². The van der Waals surface area contributed by atoms with Crippen LogP contribution in [0.2, 0.25) is 0 Å². The molecule has 0 aromatic heterocycles. The topological polar surface area (TPSA) is 107 Å². The molecule has 5 aliphatic carbocycles. The van der Waals surface area contributed by atoms with Crippen molar-refractivity contribution in [2.24, 2.45) is 56.7 Å². The molecule has 0 radical (unpaired) electrons. The predicted octanol–water partition coefficient (Wildman–Crippen LogP) is -0.753. The van der Waals surface area contributed by atoms with Crippen LogP contribution in [0.25, 0.3) is 0 Å². The number of carbonyl (C=O) groups excluding carboxylic acids is 1. The fraction of sp³-hybridized carbons (Fsp3) is 0.900. The van der Waals surface area contributed by atoms with Crippen molar-refractivity contribution in [2.45, 2.75) is 112 Å². The van der Waals surface area contributed by atoms with Gasteiger partial charge in [-0.1, -0.05) is 46.8 Å². The van der Waals surface area contributed by atoms with Gasteiger partial charge in [0.25, 0.3) is 0 Å². The number of fused-ring (bicyclic) bond motifs is 7. The summed E-state index contributed by atoms with van der Waals surface area (Å²) in [6.45, 7) is 17.9. The Balaban J connectivity index is 0.00000210. The molecule has 0 aromatic carbocycles. The third kappa shape index (κ3) is 4.87. The van der Waals surface area contributed by atoms with Crippen molar-refractivity contribution >= 4 is 16.4 Å². The van der Waals surface area contributed by atoms with E-state index in [1.165, 1.54) is 0 Å². The number of hydrogen-bond acceptors (Lipinski definition) is 6. The Morgan fingerprint density at radius 2 is 1.49 bits per heavy atom. The maximum absolute atomic E-state index is 12.7. The first-order valence-electron chi connectivity index (χ1n) is 14.4. The van der Waals surface area contributed by atoms with Gasteiger partial charge in [-0.25, -0.2) is 8.42 Å². The van der Waals surface area contributed by atoms with Gasteiger partial charge in [0.2, 0.25) is 10.4 Å². The number of carboxylic acids is 1. The first-order chi connectivity index (χ1) is 16.9. The normalized spacial score (nSPS) is 48.2. The van der Waals surface area contributed by atoms with Gasteiger partial charge >= 0.3 is 59.1 Å². The van der Waals surface area contributed by atoms with Crippen LogP contribution in [0.3, 0.4) is 0 Å². The second-order valence-corrected chi connectivity index (χ2v) is 16.0. The third-order valence-corrected chi connectivity index (χ3v) is 14.1. The van der Waals surface area contributed by atoms with Crippen LogP contribution in [-0.2, 0) is 19.4 Å². The van der Waals surface area contributed by atoms with Crippen LogP contribution >= 0.6 is 0 Å². The van der Waals surface area contributed by atoms with Crippen molar-refractivity contribution in [1.82, 2.24) is 0 Å². The van der Waals surface area contributed by atoms with Crippen LogP contribution in [0, 0.1) is 56.7 Å². The van der Waals surface area contributed by atoms with E-state index in [9.17, 15) is 22.9 Å². The number of carbonyl (C=O) groups is 1. The first kappa shape index (κ1) is 34.6. The van der Waals surface area contributed by atoms with E-state index in [2.05, 4.69) is 48.1 Å². The largest absolute Gasteiger partial charge is 1.00 e. The van der Waals surface area contributed by atoms with E-state index >= 15 is 0 Å². The second-order valence-electron chi connectivity index (χ2n) is 15.0. The summed E-state index contributed by atoms with van der Waals surface area (Å²) < 4.78 is 39.7. The van der Waals surface area contributed by atoms with E-state index in [-0.39, 0.29) is 93.1 Å². The Labute approximate surface area is 280 Å². The molecule has 210 valence electrons. The van der Waals surface area contributed by atoms with E-state index in [1.807, 2.05) is 0 Å². The molecule has 9 heteroatoms. The van der Waals surface area contributed by atoms with Crippen LogP contribution < -0.4 is 64.2 Å². The Kier molecular flexibility index (Phi) is 9.67. The molecule has 5 saturated carbocycles. The van der Waals surface area contributed by atoms with E-state index in [1.54, 1.807) is 0 Å². The van der Waals surface area contributed by atoms with Gasteiger partial charge < -0.3 is 14.5 Å². The van der Waals surface area contributed by atoms with Gasteiger partial charge in [-0.3, -0.25) is 4.18 Å². The van der Waals surface area contributed by atoms with Crippen LogP contribution in [0.15, 0.2) is 12.2 Å². The van der Waals surface area contributed by atoms with Crippen molar-refractivity contribution in [2.75, 3.05) is 0 Å². The van der Waals surface area contributed by atoms with Gasteiger partial charge in [-0.2, -0.15) is 0 Å². The summed E-state index contributed by atoms with van der Waals surface area (Å²) in [5.74, 6) is 0.557. The van der Waals surface area contributed by atoms with E-state index in [0.29, 0.717) is 31.1 Å². The third-order valence-electron chi connectivity index (χ3n) is 13.6. The SMILES string of the molecule is C=C(C)[C@@H]1CC[C@]2(C(=O)[O-])CC[C@]3(C)[C@H](CC[C@@H]4[C@@]5(C)CC[C@H](OS(=O)(=O)[O-])C(C)(C)[C@@H]5CC[C@]43C)[C@@H]12.[Na+].[Na+]. The fourth-order valence-electron chi connectivity index (χ4n) is 11.8. The van der Waals surface area contributed by atoms with Gasteiger partial charge in [-0.15, -0.1) is 0 Å². The summed E-state index contributed by atoms with van der Waals surface area (Å²) in [6.07, 6.45) is 8.16. The molecule has 0 amide bonds. The molecule has 6 nitrogen and oxygen atoms in total. The zero-order valence-electron chi connectivity index (χ0n) is 25.6. The molecule has 0 bridgehead atoms. The molecule has 0 unspecified atom stereocenters. The van der Waals surface area contributed by atoms with Crippen LogP contribution in [0.5, 0.6) is 0 Å². The number of rotatable bonds is 4. The van der Waals surface area contributed by atoms with Gasteiger partial charge in [0.05, 0.1) is 6.10 Å². The molecular weight excluding hydrogens is 534 g/mol. The molecule has 0 N–H and O–H groups in total. The molecule has 0 heterocycles. The molecule has 0 saturated heterocycles. The minimum atomic E-state index is -4.76. The van der Waals surface area contributed by atoms with Crippen molar-refractivity contribution in [3.63, 3.8) is 0 Å². The summed E-state index contributed by atoms with van der Waals surface area (Å²) in [7, 11) is -4.76. The van der Waals surface area contributed by atoms with Crippen LogP contribution in [0.1, 0.15) is 106 Å². The minimum Gasteiger partial charge on any atom is -0.726 e. The van der Waals surface area contributed by atoms with Gasteiger partial charge in [0.15, 0.2) is 0 Å². The van der Waals surface area contributed by atoms with Gasteiger partial charge in [0.1, 0.15) is 0 Å². The maximum atomic E-state index is 12.7. The number of carboxylic acid groups (broad SMARTS) is 1. The van der Waals surface area contributed by atoms with Crippen molar-refractivity contribution in [3.05, 3.63) is 12.2 Å². The molecule has 0 aromatic rings. The van der Waals surface area contributed by atoms with E-state index in [0.717, 1.165) is 50.5 Å².